The molecule has 15 heavy (non-hydrogen) atoms. The zero-order chi connectivity index (χ0) is 10.8. The zero-order valence-corrected chi connectivity index (χ0v) is 8.60. The van der Waals surface area contributed by atoms with Crippen LogP contribution in [-0.4, -0.2) is 27.7 Å². The third-order valence-electron chi connectivity index (χ3n) is 2.25. The number of nitrogens with two attached hydrogens (primary N) is 1. The number of hydrogen-bond acceptors (Lipinski definition) is 5. The predicted molar refractivity (Wildman–Crippen MR) is 57.8 cm³/mol. The molecule has 0 aliphatic carbocycles. The molecule has 0 amide bonds. The van der Waals surface area contributed by atoms with Crippen molar-refractivity contribution >= 4 is 17.3 Å². The van der Waals surface area contributed by atoms with Crippen LogP contribution in [0.25, 0.3) is 0 Å². The minimum Gasteiger partial charge on any atom is -0.399 e. The van der Waals surface area contributed by atoms with Crippen LogP contribution in [0.1, 0.15) is 5.56 Å². The van der Waals surface area contributed by atoms with E-state index in [1.807, 2.05) is 37.1 Å². The highest BCUT2D eigenvalue weighted by Gasteiger charge is 2.09. The molecule has 2 aromatic rings. The first kappa shape index (κ1) is 9.45. The Kier molecular flexibility index (Phi) is 2.24. The van der Waals surface area contributed by atoms with Crippen molar-refractivity contribution in [1.29, 1.82) is 0 Å². The van der Waals surface area contributed by atoms with Gasteiger partial charge in [-0.1, -0.05) is 11.2 Å². The van der Waals surface area contributed by atoms with Crippen LogP contribution in [0, 0.1) is 6.92 Å². The summed E-state index contributed by atoms with van der Waals surface area (Å²) in [5, 5.41) is 13.6. The van der Waals surface area contributed by atoms with E-state index in [0.717, 1.165) is 16.9 Å². The Morgan fingerprint density at radius 1 is 1.40 bits per heavy atom. The summed E-state index contributed by atoms with van der Waals surface area (Å²) in [7, 11) is 1.88. The Hall–Kier alpha value is -2.11. The average molecular weight is 204 g/mol. The third kappa shape index (κ3) is 1.74. The normalized spacial score (nSPS) is 10.3. The van der Waals surface area contributed by atoms with Gasteiger partial charge in [-0.05, 0) is 35.0 Å². The lowest BCUT2D eigenvalue weighted by molar-refractivity contribution is 0.881. The summed E-state index contributed by atoms with van der Waals surface area (Å²) in [5.74, 6) is 0.587. The Bertz CT molecular complexity index is 450. The van der Waals surface area contributed by atoms with Crippen LogP contribution < -0.4 is 10.6 Å². The highest BCUT2D eigenvalue weighted by molar-refractivity contribution is 5.65. The monoisotopic (exact) mass is 204 g/mol. The summed E-state index contributed by atoms with van der Waals surface area (Å²) < 4.78 is 0. The summed E-state index contributed by atoms with van der Waals surface area (Å²) in [5.41, 5.74) is 8.54. The molecule has 0 spiro atoms. The number of aromatic nitrogens is 4. The Balaban J connectivity index is 2.41. The van der Waals surface area contributed by atoms with Crippen molar-refractivity contribution < 1.29 is 0 Å². The first-order chi connectivity index (χ1) is 7.18. The highest BCUT2D eigenvalue weighted by Crippen LogP contribution is 2.25. The summed E-state index contributed by atoms with van der Waals surface area (Å²) in [6.45, 7) is 2.01. The Morgan fingerprint density at radius 2 is 2.20 bits per heavy atom. The first-order valence-electron chi connectivity index (χ1n) is 4.52. The second-order valence-electron chi connectivity index (χ2n) is 3.33. The van der Waals surface area contributed by atoms with Gasteiger partial charge in [0.25, 0.3) is 0 Å². The third-order valence-corrected chi connectivity index (χ3v) is 2.25. The lowest BCUT2D eigenvalue weighted by Crippen LogP contribution is -2.12. The molecule has 1 aromatic heterocycles. The van der Waals surface area contributed by atoms with E-state index in [1.54, 1.807) is 0 Å². The Labute approximate surface area is 87.1 Å². The van der Waals surface area contributed by atoms with Crippen molar-refractivity contribution in [3.8, 4) is 0 Å². The van der Waals surface area contributed by atoms with Crippen LogP contribution in [0.5, 0.6) is 0 Å². The van der Waals surface area contributed by atoms with Crippen LogP contribution >= 0.6 is 0 Å². The second kappa shape index (κ2) is 3.56. The van der Waals surface area contributed by atoms with E-state index in [2.05, 4.69) is 20.6 Å². The molecular weight excluding hydrogens is 192 g/mol. The number of rotatable bonds is 2. The van der Waals surface area contributed by atoms with Crippen molar-refractivity contribution in [1.82, 2.24) is 20.6 Å². The average Bonchev–Trinajstić information content (AvgIpc) is 2.74. The molecule has 3 N–H and O–H groups in total. The first-order valence-corrected chi connectivity index (χ1v) is 4.52. The lowest BCUT2D eigenvalue weighted by atomic mass is 10.1. The molecule has 6 heteroatoms. The predicted octanol–water partition coefficient (Wildman–Crippen LogP) is 0.858. The molecule has 6 nitrogen and oxygen atoms in total. The molecule has 0 saturated heterocycles. The van der Waals surface area contributed by atoms with E-state index in [-0.39, 0.29) is 0 Å². The maximum Gasteiger partial charge on any atom is 0.247 e. The van der Waals surface area contributed by atoms with Gasteiger partial charge in [-0.3, -0.25) is 0 Å². The number of anilines is 3. The van der Waals surface area contributed by atoms with Gasteiger partial charge in [0.1, 0.15) is 0 Å². The summed E-state index contributed by atoms with van der Waals surface area (Å²) in [6.07, 6.45) is 0. The number of aryl methyl sites for hydroxylation is 1. The van der Waals surface area contributed by atoms with Crippen LogP contribution in [0.15, 0.2) is 18.2 Å². The van der Waals surface area contributed by atoms with Crippen LogP contribution in [0.3, 0.4) is 0 Å². The molecule has 78 valence electrons. The second-order valence-corrected chi connectivity index (χ2v) is 3.33. The van der Waals surface area contributed by atoms with E-state index >= 15 is 0 Å². The SMILES string of the molecule is Cc1ccc(N)cc1N(C)c1nnn[nH]1. The van der Waals surface area contributed by atoms with Gasteiger partial charge in [-0.25, -0.2) is 5.10 Å². The summed E-state index contributed by atoms with van der Waals surface area (Å²) in [4.78, 5) is 1.85. The molecule has 0 aliphatic rings. The van der Waals surface area contributed by atoms with Crippen molar-refractivity contribution in [3.63, 3.8) is 0 Å². The van der Waals surface area contributed by atoms with Gasteiger partial charge >= 0.3 is 0 Å². The number of benzene rings is 1. The largest absolute Gasteiger partial charge is 0.399 e. The zero-order valence-electron chi connectivity index (χ0n) is 8.60. The number of H-pyrrole nitrogens is 1. The van der Waals surface area contributed by atoms with Gasteiger partial charge in [-0.2, -0.15) is 0 Å². The number of aromatic amines is 1. The van der Waals surface area contributed by atoms with Gasteiger partial charge in [-0.15, -0.1) is 0 Å². The number of tetrazole rings is 1. The van der Waals surface area contributed by atoms with Crippen LogP contribution in [0.2, 0.25) is 0 Å². The summed E-state index contributed by atoms with van der Waals surface area (Å²) >= 11 is 0. The van der Waals surface area contributed by atoms with Gasteiger partial charge < -0.3 is 10.6 Å². The minimum absolute atomic E-state index is 0.587. The molecule has 1 heterocycles. The van der Waals surface area contributed by atoms with Crippen molar-refractivity contribution in [3.05, 3.63) is 23.8 Å². The summed E-state index contributed by atoms with van der Waals surface area (Å²) in [6, 6.07) is 5.72. The fourth-order valence-electron chi connectivity index (χ4n) is 1.40. The van der Waals surface area contributed by atoms with Crippen molar-refractivity contribution in [2.24, 2.45) is 0 Å². The van der Waals surface area contributed by atoms with Gasteiger partial charge in [0, 0.05) is 18.4 Å². The van der Waals surface area contributed by atoms with E-state index in [1.165, 1.54) is 0 Å². The smallest absolute Gasteiger partial charge is 0.247 e. The maximum absolute atomic E-state index is 5.73. The lowest BCUT2D eigenvalue weighted by Gasteiger charge is -2.17. The van der Waals surface area contributed by atoms with E-state index < -0.39 is 0 Å². The number of hydrogen-bond donors (Lipinski definition) is 2. The maximum atomic E-state index is 5.73. The number of nitrogens with one attached hydrogen (secondary N) is 1. The number of nitrogens with zero attached hydrogens (tertiary/aromatic N) is 4. The molecule has 0 bridgehead atoms. The quantitative estimate of drug-likeness (QED) is 0.709. The Morgan fingerprint density at radius 3 is 2.87 bits per heavy atom. The van der Waals surface area contributed by atoms with Gasteiger partial charge in [0.05, 0.1) is 0 Å². The van der Waals surface area contributed by atoms with Crippen molar-refractivity contribution in [2.75, 3.05) is 17.7 Å². The number of nitrogen functional groups attached to an aromatic ring is 1. The van der Waals surface area contributed by atoms with Crippen LogP contribution in [-0.2, 0) is 0 Å². The fourth-order valence-corrected chi connectivity index (χ4v) is 1.40. The van der Waals surface area contributed by atoms with Crippen LogP contribution in [0.4, 0.5) is 17.3 Å². The minimum atomic E-state index is 0.587. The fraction of sp³-hybridized carbons (Fsp3) is 0.222. The molecular formula is C9H12N6. The van der Waals surface area contributed by atoms with Gasteiger partial charge in [0.15, 0.2) is 0 Å². The standard InChI is InChI=1S/C9H12N6/c1-6-3-4-7(10)5-8(6)15(2)9-11-13-14-12-9/h3-5H,10H2,1-2H3,(H,11,12,13,14). The molecule has 0 aliphatic heterocycles. The molecule has 0 unspecified atom stereocenters. The molecule has 0 atom stereocenters. The van der Waals surface area contributed by atoms with E-state index in [4.69, 9.17) is 5.73 Å². The highest BCUT2D eigenvalue weighted by atomic mass is 15.5. The molecule has 0 fully saturated rings. The van der Waals surface area contributed by atoms with Crippen molar-refractivity contribution in [2.45, 2.75) is 6.92 Å². The molecule has 1 aromatic carbocycles. The molecule has 0 saturated carbocycles. The topological polar surface area (TPSA) is 83.7 Å². The van der Waals surface area contributed by atoms with E-state index in [0.29, 0.717) is 5.95 Å². The van der Waals surface area contributed by atoms with Gasteiger partial charge in [0.2, 0.25) is 5.95 Å². The van der Waals surface area contributed by atoms with E-state index in [9.17, 15) is 0 Å². The molecule has 0 radical (unpaired) electrons. The molecule has 2 rings (SSSR count).